The molecule has 0 fully saturated rings. The van der Waals surface area contributed by atoms with Gasteiger partial charge in [-0.05, 0) is 12.8 Å². The highest BCUT2D eigenvalue weighted by molar-refractivity contribution is 5.02. The van der Waals surface area contributed by atoms with Gasteiger partial charge in [0, 0.05) is 6.54 Å². The van der Waals surface area contributed by atoms with Gasteiger partial charge in [0.2, 0.25) is 0 Å². The van der Waals surface area contributed by atoms with E-state index in [4.69, 9.17) is 5.73 Å². The fourth-order valence-corrected chi connectivity index (χ4v) is 1.24. The highest BCUT2D eigenvalue weighted by Crippen LogP contribution is 2.12. The van der Waals surface area contributed by atoms with Crippen LogP contribution in [-0.4, -0.2) is 15.0 Å². The van der Waals surface area contributed by atoms with Crippen molar-refractivity contribution in [2.24, 2.45) is 5.73 Å². The van der Waals surface area contributed by atoms with E-state index in [1.807, 2.05) is 10.8 Å². The van der Waals surface area contributed by atoms with Crippen molar-refractivity contribution in [2.75, 3.05) is 0 Å². The van der Waals surface area contributed by atoms with Gasteiger partial charge in [0.1, 0.15) is 0 Å². The van der Waals surface area contributed by atoms with E-state index in [0.29, 0.717) is 0 Å². The van der Waals surface area contributed by atoms with Gasteiger partial charge >= 0.3 is 0 Å². The molecule has 1 aromatic rings. The Morgan fingerprint density at radius 3 is 3.15 bits per heavy atom. The van der Waals surface area contributed by atoms with Gasteiger partial charge < -0.3 is 5.73 Å². The molecule has 0 amide bonds. The van der Waals surface area contributed by atoms with E-state index in [1.165, 1.54) is 0 Å². The van der Waals surface area contributed by atoms with Crippen molar-refractivity contribution in [1.82, 2.24) is 15.0 Å². The lowest BCUT2D eigenvalue weighted by molar-refractivity contribution is 0.528. The second kappa shape index (κ2) is 4.77. The summed E-state index contributed by atoms with van der Waals surface area (Å²) in [6.07, 6.45) is 5.34. The largest absolute Gasteiger partial charge is 0.322 e. The maximum absolute atomic E-state index is 5.91. The number of aryl methyl sites for hydroxylation is 1. The second-order valence-electron chi connectivity index (χ2n) is 3.01. The van der Waals surface area contributed by atoms with E-state index in [2.05, 4.69) is 23.8 Å². The Hall–Kier alpha value is -1.16. The van der Waals surface area contributed by atoms with E-state index < -0.39 is 0 Å². The molecule has 4 heteroatoms. The van der Waals surface area contributed by atoms with E-state index in [9.17, 15) is 0 Å². The van der Waals surface area contributed by atoms with Crippen LogP contribution >= 0.6 is 0 Å². The molecule has 0 saturated carbocycles. The van der Waals surface area contributed by atoms with Gasteiger partial charge in [-0.1, -0.05) is 18.2 Å². The van der Waals surface area contributed by atoms with Gasteiger partial charge in [-0.2, -0.15) is 0 Å². The summed E-state index contributed by atoms with van der Waals surface area (Å²) in [6.45, 7) is 6.63. The number of hydrogen-bond donors (Lipinski definition) is 1. The van der Waals surface area contributed by atoms with Crippen LogP contribution in [0, 0.1) is 0 Å². The zero-order valence-corrected chi connectivity index (χ0v) is 7.98. The fourth-order valence-electron chi connectivity index (χ4n) is 1.24. The number of hydrogen-bond acceptors (Lipinski definition) is 3. The molecule has 0 aliphatic carbocycles. The smallest absolute Gasteiger partial charge is 0.0757 e. The lowest BCUT2D eigenvalue weighted by Crippen LogP contribution is -2.15. The van der Waals surface area contributed by atoms with Gasteiger partial charge in [0.05, 0.1) is 17.9 Å². The number of nitrogens with zero attached hydrogens (tertiary/aromatic N) is 3. The molecule has 4 nitrogen and oxygen atoms in total. The van der Waals surface area contributed by atoms with Crippen LogP contribution in [0.5, 0.6) is 0 Å². The average Bonchev–Trinajstić information content (AvgIpc) is 2.54. The predicted molar refractivity (Wildman–Crippen MR) is 52.1 cm³/mol. The minimum Gasteiger partial charge on any atom is -0.322 e. The van der Waals surface area contributed by atoms with Crippen molar-refractivity contribution >= 4 is 0 Å². The molecule has 2 N–H and O–H groups in total. The third-order valence-electron chi connectivity index (χ3n) is 1.88. The molecular formula is C9H16N4. The topological polar surface area (TPSA) is 56.7 Å². The van der Waals surface area contributed by atoms with Crippen LogP contribution in [0.15, 0.2) is 18.9 Å². The number of rotatable bonds is 5. The molecule has 0 saturated heterocycles. The first-order valence-electron chi connectivity index (χ1n) is 4.54. The highest BCUT2D eigenvalue weighted by atomic mass is 15.4. The maximum Gasteiger partial charge on any atom is 0.0757 e. The second-order valence-corrected chi connectivity index (χ2v) is 3.01. The monoisotopic (exact) mass is 180 g/mol. The molecule has 1 atom stereocenters. The van der Waals surface area contributed by atoms with Gasteiger partial charge in [-0.3, -0.25) is 0 Å². The first-order valence-corrected chi connectivity index (χ1v) is 4.54. The molecule has 0 aliphatic heterocycles. The van der Waals surface area contributed by atoms with Crippen molar-refractivity contribution in [2.45, 2.75) is 32.4 Å². The Balaban J connectivity index is 2.73. The van der Waals surface area contributed by atoms with Crippen LogP contribution in [0.4, 0.5) is 0 Å². The van der Waals surface area contributed by atoms with Gasteiger partial charge in [-0.25, -0.2) is 4.68 Å². The summed E-state index contributed by atoms with van der Waals surface area (Å²) < 4.78 is 1.86. The van der Waals surface area contributed by atoms with Crippen molar-refractivity contribution in [3.63, 3.8) is 0 Å². The summed E-state index contributed by atoms with van der Waals surface area (Å²) in [5, 5.41) is 7.80. The van der Waals surface area contributed by atoms with Crippen molar-refractivity contribution < 1.29 is 0 Å². The number of nitrogens with two attached hydrogens (primary N) is 1. The number of aromatic nitrogens is 3. The first kappa shape index (κ1) is 9.92. The van der Waals surface area contributed by atoms with Crippen molar-refractivity contribution in [3.8, 4) is 0 Å². The summed E-state index contributed by atoms with van der Waals surface area (Å²) in [6, 6.07) is -0.0287. The molecule has 0 aromatic carbocycles. The average molecular weight is 180 g/mol. The lowest BCUT2D eigenvalue weighted by atomic mass is 10.1. The molecule has 1 rings (SSSR count). The van der Waals surface area contributed by atoms with E-state index >= 15 is 0 Å². The van der Waals surface area contributed by atoms with Crippen LogP contribution in [-0.2, 0) is 6.54 Å². The normalized spacial score (nSPS) is 12.8. The Bertz CT molecular complexity index is 266. The molecule has 1 heterocycles. The Labute approximate surface area is 78.4 Å². The molecule has 0 bridgehead atoms. The van der Waals surface area contributed by atoms with Crippen molar-refractivity contribution in [3.05, 3.63) is 24.5 Å². The van der Waals surface area contributed by atoms with Crippen LogP contribution < -0.4 is 5.73 Å². The third kappa shape index (κ3) is 2.39. The summed E-state index contributed by atoms with van der Waals surface area (Å²) in [4.78, 5) is 0. The fraction of sp³-hybridized carbons (Fsp3) is 0.556. The third-order valence-corrected chi connectivity index (χ3v) is 1.88. The molecule has 0 spiro atoms. The standard InChI is InChI=1S/C9H16N4/c1-3-5-8(10)9-7-11-12-13(9)6-4-2/h3,7-8H,1,4-6,10H2,2H3. The van der Waals surface area contributed by atoms with E-state index in [1.54, 1.807) is 6.20 Å². The summed E-state index contributed by atoms with van der Waals surface area (Å²) in [5.74, 6) is 0. The zero-order chi connectivity index (χ0) is 9.68. The minimum absolute atomic E-state index is 0.0287. The Morgan fingerprint density at radius 1 is 1.77 bits per heavy atom. The van der Waals surface area contributed by atoms with E-state index in [-0.39, 0.29) is 6.04 Å². The molecule has 13 heavy (non-hydrogen) atoms. The van der Waals surface area contributed by atoms with Gasteiger partial charge in [0.25, 0.3) is 0 Å². The first-order chi connectivity index (χ1) is 6.29. The predicted octanol–water partition coefficient (Wildman–Crippen LogP) is 1.26. The van der Waals surface area contributed by atoms with Crippen molar-refractivity contribution in [1.29, 1.82) is 0 Å². The zero-order valence-electron chi connectivity index (χ0n) is 7.98. The lowest BCUT2D eigenvalue weighted by Gasteiger charge is -2.09. The molecular weight excluding hydrogens is 164 g/mol. The molecule has 1 aromatic heterocycles. The van der Waals surface area contributed by atoms with E-state index in [0.717, 1.165) is 25.1 Å². The summed E-state index contributed by atoms with van der Waals surface area (Å²) in [5.41, 5.74) is 6.90. The Morgan fingerprint density at radius 2 is 2.54 bits per heavy atom. The van der Waals surface area contributed by atoms with Crippen LogP contribution in [0.2, 0.25) is 0 Å². The maximum atomic E-state index is 5.91. The van der Waals surface area contributed by atoms with Crippen LogP contribution in [0.3, 0.4) is 0 Å². The molecule has 1 unspecified atom stereocenters. The molecule has 0 radical (unpaired) electrons. The minimum atomic E-state index is -0.0287. The molecule has 72 valence electrons. The van der Waals surface area contributed by atoms with Crippen LogP contribution in [0.1, 0.15) is 31.5 Å². The Kier molecular flexibility index (Phi) is 3.64. The quantitative estimate of drug-likeness (QED) is 0.694. The summed E-state index contributed by atoms with van der Waals surface area (Å²) in [7, 11) is 0. The van der Waals surface area contributed by atoms with Gasteiger partial charge in [-0.15, -0.1) is 11.7 Å². The highest BCUT2D eigenvalue weighted by Gasteiger charge is 2.10. The van der Waals surface area contributed by atoms with Gasteiger partial charge in [0.15, 0.2) is 0 Å². The molecule has 0 aliphatic rings. The summed E-state index contributed by atoms with van der Waals surface area (Å²) >= 11 is 0. The van der Waals surface area contributed by atoms with Crippen LogP contribution in [0.25, 0.3) is 0 Å². The SMILES string of the molecule is C=CCC(N)c1cnnn1CCC.